The number of hydrogen-bond acceptors (Lipinski definition) is 2. The second-order valence-corrected chi connectivity index (χ2v) is 6.15. The van der Waals surface area contributed by atoms with E-state index >= 15 is 0 Å². The Hall–Kier alpha value is -1.82. The Morgan fingerprint density at radius 1 is 1.10 bits per heavy atom. The molecular formula is C17H16IN3. The summed E-state index contributed by atoms with van der Waals surface area (Å²) in [5.41, 5.74) is 3.48. The molecule has 0 bridgehead atoms. The van der Waals surface area contributed by atoms with Gasteiger partial charge in [-0.05, 0) is 59.3 Å². The smallest absolute Gasteiger partial charge is 0.0992 e. The molecule has 106 valence electrons. The molecule has 3 nitrogen and oxygen atoms in total. The Morgan fingerprint density at radius 3 is 2.57 bits per heavy atom. The van der Waals surface area contributed by atoms with E-state index in [9.17, 15) is 0 Å². The summed E-state index contributed by atoms with van der Waals surface area (Å²) in [5.74, 6) is 0. The van der Waals surface area contributed by atoms with Crippen molar-refractivity contribution in [1.82, 2.24) is 9.55 Å². The molecule has 0 aliphatic heterocycles. The van der Waals surface area contributed by atoms with E-state index in [0.717, 1.165) is 11.4 Å². The Labute approximate surface area is 138 Å². The summed E-state index contributed by atoms with van der Waals surface area (Å²) < 4.78 is 3.27. The number of benzene rings is 2. The third kappa shape index (κ3) is 3.26. The Morgan fingerprint density at radius 2 is 1.86 bits per heavy atom. The van der Waals surface area contributed by atoms with Crippen molar-refractivity contribution in [1.29, 1.82) is 0 Å². The molecule has 1 aromatic heterocycles. The molecule has 3 rings (SSSR count). The van der Waals surface area contributed by atoms with Crippen molar-refractivity contribution in [2.75, 3.05) is 5.32 Å². The van der Waals surface area contributed by atoms with Crippen molar-refractivity contribution < 1.29 is 0 Å². The van der Waals surface area contributed by atoms with E-state index in [1.165, 1.54) is 9.13 Å². The summed E-state index contributed by atoms with van der Waals surface area (Å²) >= 11 is 2.33. The Kier molecular flexibility index (Phi) is 4.24. The van der Waals surface area contributed by atoms with Crippen molar-refractivity contribution >= 4 is 28.3 Å². The lowest BCUT2D eigenvalue weighted by Crippen LogP contribution is -2.09. The number of imidazole rings is 1. The number of para-hydroxylation sites is 2. The highest BCUT2D eigenvalue weighted by Crippen LogP contribution is 2.25. The van der Waals surface area contributed by atoms with E-state index in [1.807, 2.05) is 29.2 Å². The molecule has 0 amide bonds. The largest absolute Gasteiger partial charge is 0.377 e. The van der Waals surface area contributed by atoms with Gasteiger partial charge in [-0.25, -0.2) is 4.98 Å². The van der Waals surface area contributed by atoms with Crippen LogP contribution in [0.3, 0.4) is 0 Å². The van der Waals surface area contributed by atoms with Gasteiger partial charge in [0.2, 0.25) is 0 Å². The van der Waals surface area contributed by atoms with Crippen LogP contribution in [0.15, 0.2) is 67.3 Å². The van der Waals surface area contributed by atoms with Gasteiger partial charge in [0.25, 0.3) is 0 Å². The first-order valence-corrected chi connectivity index (χ1v) is 7.91. The van der Waals surface area contributed by atoms with Gasteiger partial charge >= 0.3 is 0 Å². The van der Waals surface area contributed by atoms with Crippen molar-refractivity contribution in [2.45, 2.75) is 13.0 Å². The van der Waals surface area contributed by atoms with Crippen LogP contribution in [0.5, 0.6) is 0 Å². The summed E-state index contributed by atoms with van der Waals surface area (Å²) in [6, 6.07) is 17.1. The van der Waals surface area contributed by atoms with Crippen molar-refractivity contribution in [3.05, 3.63) is 76.4 Å². The molecular weight excluding hydrogens is 373 g/mol. The van der Waals surface area contributed by atoms with Crippen LogP contribution >= 0.6 is 22.6 Å². The van der Waals surface area contributed by atoms with Crippen LogP contribution < -0.4 is 5.32 Å². The van der Waals surface area contributed by atoms with Gasteiger partial charge in [0.1, 0.15) is 0 Å². The number of anilines is 1. The first kappa shape index (κ1) is 14.1. The van der Waals surface area contributed by atoms with Crippen molar-refractivity contribution in [2.24, 2.45) is 0 Å². The van der Waals surface area contributed by atoms with E-state index < -0.39 is 0 Å². The fourth-order valence-electron chi connectivity index (χ4n) is 2.29. The molecule has 1 unspecified atom stereocenters. The van der Waals surface area contributed by atoms with E-state index in [0.29, 0.717) is 0 Å². The first-order chi connectivity index (χ1) is 10.2. The highest BCUT2D eigenvalue weighted by atomic mass is 127. The molecule has 0 aliphatic carbocycles. The maximum absolute atomic E-state index is 4.12. The van der Waals surface area contributed by atoms with E-state index in [1.54, 1.807) is 6.20 Å². The molecule has 1 atom stereocenters. The molecule has 0 saturated heterocycles. The normalized spacial score (nSPS) is 12.1. The number of hydrogen-bond donors (Lipinski definition) is 1. The zero-order valence-corrected chi connectivity index (χ0v) is 13.9. The van der Waals surface area contributed by atoms with Gasteiger partial charge in [-0.2, -0.15) is 0 Å². The van der Waals surface area contributed by atoms with Crippen LogP contribution in [0.2, 0.25) is 0 Å². The van der Waals surface area contributed by atoms with Gasteiger partial charge in [0.05, 0.1) is 17.7 Å². The zero-order chi connectivity index (χ0) is 14.7. The molecule has 2 aromatic carbocycles. The number of rotatable bonds is 4. The average Bonchev–Trinajstić information content (AvgIpc) is 3.02. The van der Waals surface area contributed by atoms with E-state index in [-0.39, 0.29) is 6.04 Å². The number of aromatic nitrogens is 2. The SMILES string of the molecule is CC(Nc1ccccc1-n1ccnc1)c1ccc(I)cc1. The Balaban J connectivity index is 1.86. The lowest BCUT2D eigenvalue weighted by molar-refractivity contribution is 0.879. The summed E-state index contributed by atoms with van der Waals surface area (Å²) in [6.45, 7) is 2.17. The molecule has 3 aromatic rings. The second-order valence-electron chi connectivity index (χ2n) is 4.90. The Bertz CT molecular complexity index is 705. The van der Waals surface area contributed by atoms with Gasteiger partial charge in [-0.1, -0.05) is 24.3 Å². The summed E-state index contributed by atoms with van der Waals surface area (Å²) in [4.78, 5) is 4.12. The summed E-state index contributed by atoms with van der Waals surface area (Å²) in [5, 5.41) is 3.58. The van der Waals surface area contributed by atoms with Crippen LogP contribution in [0.1, 0.15) is 18.5 Å². The van der Waals surface area contributed by atoms with Crippen LogP contribution in [0, 0.1) is 3.57 Å². The van der Waals surface area contributed by atoms with Gasteiger partial charge in [-0.15, -0.1) is 0 Å². The van der Waals surface area contributed by atoms with Crippen LogP contribution in [0.25, 0.3) is 5.69 Å². The predicted octanol–water partition coefficient (Wildman–Crippen LogP) is 4.65. The standard InChI is InChI=1S/C17H16IN3/c1-13(14-6-8-15(18)9-7-14)20-16-4-2-3-5-17(16)21-11-10-19-12-21/h2-13,20H,1H3. The fraction of sp³-hybridized carbons (Fsp3) is 0.118. The minimum absolute atomic E-state index is 0.242. The molecule has 21 heavy (non-hydrogen) atoms. The van der Waals surface area contributed by atoms with Crippen molar-refractivity contribution in [3.8, 4) is 5.69 Å². The van der Waals surface area contributed by atoms with E-state index in [2.05, 4.69) is 76.2 Å². The maximum Gasteiger partial charge on any atom is 0.0992 e. The number of halogens is 1. The van der Waals surface area contributed by atoms with Crippen LogP contribution in [-0.2, 0) is 0 Å². The van der Waals surface area contributed by atoms with Gasteiger partial charge in [0, 0.05) is 22.0 Å². The molecule has 1 heterocycles. The third-order valence-electron chi connectivity index (χ3n) is 3.43. The molecule has 0 aliphatic rings. The predicted molar refractivity (Wildman–Crippen MR) is 94.8 cm³/mol. The highest BCUT2D eigenvalue weighted by molar-refractivity contribution is 14.1. The summed E-state index contributed by atoms with van der Waals surface area (Å²) in [7, 11) is 0. The van der Waals surface area contributed by atoms with Crippen LogP contribution in [0.4, 0.5) is 5.69 Å². The molecule has 0 fully saturated rings. The maximum atomic E-state index is 4.12. The van der Waals surface area contributed by atoms with Crippen molar-refractivity contribution in [3.63, 3.8) is 0 Å². The first-order valence-electron chi connectivity index (χ1n) is 6.83. The second kappa shape index (κ2) is 6.30. The zero-order valence-electron chi connectivity index (χ0n) is 11.7. The number of nitrogens with zero attached hydrogens (tertiary/aromatic N) is 2. The van der Waals surface area contributed by atoms with E-state index in [4.69, 9.17) is 0 Å². The summed E-state index contributed by atoms with van der Waals surface area (Å²) in [6.07, 6.45) is 5.56. The molecule has 0 spiro atoms. The fourth-order valence-corrected chi connectivity index (χ4v) is 2.65. The highest BCUT2D eigenvalue weighted by Gasteiger charge is 2.09. The van der Waals surface area contributed by atoms with Gasteiger partial charge in [0.15, 0.2) is 0 Å². The van der Waals surface area contributed by atoms with Crippen LogP contribution in [-0.4, -0.2) is 9.55 Å². The lowest BCUT2D eigenvalue weighted by Gasteiger charge is -2.19. The minimum Gasteiger partial charge on any atom is -0.377 e. The monoisotopic (exact) mass is 389 g/mol. The number of nitrogens with one attached hydrogen (secondary N) is 1. The molecule has 0 radical (unpaired) electrons. The molecule has 0 saturated carbocycles. The van der Waals surface area contributed by atoms with Gasteiger partial charge < -0.3 is 9.88 Å². The topological polar surface area (TPSA) is 29.9 Å². The van der Waals surface area contributed by atoms with Gasteiger partial charge in [-0.3, -0.25) is 0 Å². The minimum atomic E-state index is 0.242. The third-order valence-corrected chi connectivity index (χ3v) is 4.15. The molecule has 1 N–H and O–H groups in total. The molecule has 4 heteroatoms. The average molecular weight is 389 g/mol. The quantitative estimate of drug-likeness (QED) is 0.659. The lowest BCUT2D eigenvalue weighted by atomic mass is 10.1.